The second kappa shape index (κ2) is 4.47. The summed E-state index contributed by atoms with van der Waals surface area (Å²) in [5.41, 5.74) is 5.55. The lowest BCUT2D eigenvalue weighted by atomic mass is 9.78. The van der Waals surface area contributed by atoms with Gasteiger partial charge in [-0.1, -0.05) is 20.8 Å². The summed E-state index contributed by atoms with van der Waals surface area (Å²) in [4.78, 5) is 13.3. The van der Waals surface area contributed by atoms with E-state index in [-0.39, 0.29) is 11.3 Å². The van der Waals surface area contributed by atoms with E-state index in [1.54, 1.807) is 4.90 Å². The summed E-state index contributed by atoms with van der Waals surface area (Å²) in [6, 6.07) is -0.973. The summed E-state index contributed by atoms with van der Waals surface area (Å²) in [7, 11) is 0. The maximum absolute atomic E-state index is 12.3. The Balaban J connectivity index is 2.60. The molecule has 0 aliphatic carbocycles. The molecule has 15 heavy (non-hydrogen) atoms. The fourth-order valence-electron chi connectivity index (χ4n) is 1.94. The Morgan fingerprint density at radius 1 is 1.60 bits per heavy atom. The SMILES string of the molecule is CC(C)[C@@]1(C)CCN(C(=O)[C@@H](N)CF)C1. The van der Waals surface area contributed by atoms with Gasteiger partial charge in [0.25, 0.3) is 0 Å². The van der Waals surface area contributed by atoms with E-state index in [0.717, 1.165) is 6.42 Å². The van der Waals surface area contributed by atoms with E-state index >= 15 is 0 Å². The van der Waals surface area contributed by atoms with Gasteiger partial charge in [-0.15, -0.1) is 0 Å². The Kier molecular flexibility index (Phi) is 3.71. The molecule has 0 aromatic rings. The molecule has 1 aliphatic rings. The van der Waals surface area contributed by atoms with Crippen molar-refractivity contribution in [3.63, 3.8) is 0 Å². The molecular formula is C11H21FN2O. The standard InChI is InChI=1S/C11H21FN2O/c1-8(2)11(3)4-5-14(7-11)10(15)9(13)6-12/h8-9H,4-7,13H2,1-3H3/t9-,11-/m0/s1. The van der Waals surface area contributed by atoms with Gasteiger partial charge in [-0.3, -0.25) is 4.79 Å². The molecule has 1 fully saturated rings. The lowest BCUT2D eigenvalue weighted by Gasteiger charge is -2.29. The van der Waals surface area contributed by atoms with Crippen molar-refractivity contribution in [2.75, 3.05) is 19.8 Å². The van der Waals surface area contributed by atoms with Gasteiger partial charge in [0, 0.05) is 13.1 Å². The van der Waals surface area contributed by atoms with Crippen LogP contribution in [0, 0.1) is 11.3 Å². The summed E-state index contributed by atoms with van der Waals surface area (Å²) >= 11 is 0. The van der Waals surface area contributed by atoms with Gasteiger partial charge in [-0.25, -0.2) is 4.39 Å². The van der Waals surface area contributed by atoms with Gasteiger partial charge in [0.15, 0.2) is 0 Å². The maximum atomic E-state index is 12.3. The van der Waals surface area contributed by atoms with Gasteiger partial charge in [0.1, 0.15) is 12.7 Å². The number of alkyl halides is 1. The zero-order valence-electron chi connectivity index (χ0n) is 9.79. The normalized spacial score (nSPS) is 28.5. The molecule has 0 saturated carbocycles. The molecule has 4 heteroatoms. The average molecular weight is 216 g/mol. The fraction of sp³-hybridized carbons (Fsp3) is 0.909. The Bertz CT molecular complexity index is 245. The molecule has 1 rings (SSSR count). The van der Waals surface area contributed by atoms with Crippen molar-refractivity contribution in [3.8, 4) is 0 Å². The topological polar surface area (TPSA) is 46.3 Å². The van der Waals surface area contributed by atoms with Crippen molar-refractivity contribution < 1.29 is 9.18 Å². The van der Waals surface area contributed by atoms with Crippen molar-refractivity contribution in [2.45, 2.75) is 33.2 Å². The molecule has 1 heterocycles. The highest BCUT2D eigenvalue weighted by atomic mass is 19.1. The van der Waals surface area contributed by atoms with E-state index < -0.39 is 12.7 Å². The van der Waals surface area contributed by atoms with Crippen LogP contribution in [0.3, 0.4) is 0 Å². The third kappa shape index (κ3) is 2.48. The number of rotatable bonds is 3. The second-order valence-corrected chi connectivity index (χ2v) is 5.08. The van der Waals surface area contributed by atoms with Crippen molar-refractivity contribution in [2.24, 2.45) is 17.1 Å². The molecule has 2 N–H and O–H groups in total. The van der Waals surface area contributed by atoms with E-state index in [1.165, 1.54) is 0 Å². The molecule has 1 aliphatic heterocycles. The largest absolute Gasteiger partial charge is 0.341 e. The number of amides is 1. The summed E-state index contributed by atoms with van der Waals surface area (Å²) < 4.78 is 12.3. The summed E-state index contributed by atoms with van der Waals surface area (Å²) in [6.07, 6.45) is 0.982. The average Bonchev–Trinajstić information content (AvgIpc) is 2.60. The summed E-state index contributed by atoms with van der Waals surface area (Å²) in [6.45, 7) is 7.13. The highest BCUT2D eigenvalue weighted by Crippen LogP contribution is 2.37. The summed E-state index contributed by atoms with van der Waals surface area (Å²) in [5, 5.41) is 0. The fourth-order valence-corrected chi connectivity index (χ4v) is 1.94. The van der Waals surface area contributed by atoms with E-state index in [0.29, 0.717) is 19.0 Å². The summed E-state index contributed by atoms with van der Waals surface area (Å²) in [5.74, 6) is 0.277. The zero-order valence-corrected chi connectivity index (χ0v) is 9.79. The number of hydrogen-bond acceptors (Lipinski definition) is 2. The first kappa shape index (κ1) is 12.4. The van der Waals surface area contributed by atoms with Crippen molar-refractivity contribution in [1.82, 2.24) is 4.90 Å². The highest BCUT2D eigenvalue weighted by molar-refractivity contribution is 5.82. The van der Waals surface area contributed by atoms with Crippen LogP contribution >= 0.6 is 0 Å². The number of carbonyl (C=O) groups is 1. The Labute approximate surface area is 90.8 Å². The molecule has 0 spiro atoms. The van der Waals surface area contributed by atoms with Crippen LogP contribution in [0.5, 0.6) is 0 Å². The van der Waals surface area contributed by atoms with Crippen LogP contribution in [0.4, 0.5) is 4.39 Å². The quantitative estimate of drug-likeness (QED) is 0.770. The van der Waals surface area contributed by atoms with E-state index in [4.69, 9.17) is 5.73 Å². The van der Waals surface area contributed by atoms with Crippen LogP contribution in [0.1, 0.15) is 27.2 Å². The number of likely N-dealkylation sites (tertiary alicyclic amines) is 1. The molecule has 3 nitrogen and oxygen atoms in total. The third-order valence-electron chi connectivity index (χ3n) is 3.69. The van der Waals surface area contributed by atoms with Gasteiger partial charge < -0.3 is 10.6 Å². The minimum atomic E-state index is -0.973. The van der Waals surface area contributed by atoms with E-state index in [1.807, 2.05) is 0 Å². The molecule has 0 radical (unpaired) electrons. The molecule has 0 unspecified atom stereocenters. The molecule has 88 valence electrons. The molecular weight excluding hydrogens is 195 g/mol. The van der Waals surface area contributed by atoms with E-state index in [9.17, 15) is 9.18 Å². The number of nitrogens with two attached hydrogens (primary N) is 1. The lowest BCUT2D eigenvalue weighted by molar-refractivity contribution is -0.132. The Morgan fingerprint density at radius 3 is 2.60 bits per heavy atom. The molecule has 0 aromatic carbocycles. The Morgan fingerprint density at radius 2 is 2.20 bits per heavy atom. The van der Waals surface area contributed by atoms with Crippen LogP contribution in [-0.4, -0.2) is 36.6 Å². The van der Waals surface area contributed by atoms with Crippen molar-refractivity contribution in [1.29, 1.82) is 0 Å². The number of carbonyl (C=O) groups excluding carboxylic acids is 1. The minimum absolute atomic E-state index is 0.158. The van der Waals surface area contributed by atoms with Gasteiger partial charge in [0.2, 0.25) is 5.91 Å². The molecule has 0 aromatic heterocycles. The number of nitrogens with zero attached hydrogens (tertiary/aromatic N) is 1. The van der Waals surface area contributed by atoms with Crippen LogP contribution in [-0.2, 0) is 4.79 Å². The molecule has 2 atom stereocenters. The Hall–Kier alpha value is -0.640. The van der Waals surface area contributed by atoms with Gasteiger partial charge in [-0.2, -0.15) is 0 Å². The lowest BCUT2D eigenvalue weighted by Crippen LogP contribution is -2.44. The van der Waals surface area contributed by atoms with Gasteiger partial charge >= 0.3 is 0 Å². The smallest absolute Gasteiger partial charge is 0.242 e. The molecule has 1 amide bonds. The number of hydrogen-bond donors (Lipinski definition) is 1. The minimum Gasteiger partial charge on any atom is -0.341 e. The number of halogens is 1. The van der Waals surface area contributed by atoms with Crippen molar-refractivity contribution >= 4 is 5.91 Å². The highest BCUT2D eigenvalue weighted by Gasteiger charge is 2.39. The van der Waals surface area contributed by atoms with Crippen molar-refractivity contribution in [3.05, 3.63) is 0 Å². The predicted octanol–water partition coefficient (Wildman–Crippen LogP) is 1.18. The first-order chi connectivity index (χ1) is 6.90. The first-order valence-electron chi connectivity index (χ1n) is 5.51. The van der Waals surface area contributed by atoms with Crippen LogP contribution < -0.4 is 5.73 Å². The molecule has 1 saturated heterocycles. The van der Waals surface area contributed by atoms with Crippen LogP contribution in [0.25, 0.3) is 0 Å². The van der Waals surface area contributed by atoms with Gasteiger partial charge in [-0.05, 0) is 17.8 Å². The third-order valence-corrected chi connectivity index (χ3v) is 3.69. The molecule has 0 bridgehead atoms. The maximum Gasteiger partial charge on any atom is 0.242 e. The van der Waals surface area contributed by atoms with Crippen LogP contribution in [0.15, 0.2) is 0 Å². The van der Waals surface area contributed by atoms with Crippen LogP contribution in [0.2, 0.25) is 0 Å². The zero-order chi connectivity index (χ0) is 11.6. The second-order valence-electron chi connectivity index (χ2n) is 5.08. The predicted molar refractivity (Wildman–Crippen MR) is 58.1 cm³/mol. The van der Waals surface area contributed by atoms with Gasteiger partial charge in [0.05, 0.1) is 0 Å². The monoisotopic (exact) mass is 216 g/mol. The first-order valence-corrected chi connectivity index (χ1v) is 5.51. The van der Waals surface area contributed by atoms with E-state index in [2.05, 4.69) is 20.8 Å².